The molecule has 396 valence electrons. The summed E-state index contributed by atoms with van der Waals surface area (Å²) in [4.78, 5) is 61.9. The van der Waals surface area contributed by atoms with Gasteiger partial charge in [-0.05, 0) is 138 Å². The van der Waals surface area contributed by atoms with Gasteiger partial charge in [-0.25, -0.2) is 19.2 Å². The summed E-state index contributed by atoms with van der Waals surface area (Å²) in [7, 11) is 4.14. The van der Waals surface area contributed by atoms with E-state index in [1.807, 2.05) is 0 Å². The van der Waals surface area contributed by atoms with E-state index in [2.05, 4.69) is 26.2 Å². The third kappa shape index (κ3) is 13.2. The topological polar surface area (TPSA) is 147 Å². The van der Waals surface area contributed by atoms with Gasteiger partial charge in [-0.15, -0.1) is 0 Å². The number of halogens is 6. The predicted octanol–water partition coefficient (Wildman–Crippen LogP) is 12.2. The van der Waals surface area contributed by atoms with Crippen LogP contribution in [0.3, 0.4) is 0 Å². The van der Waals surface area contributed by atoms with Crippen LogP contribution in [0.5, 0.6) is 0 Å². The zero-order valence-corrected chi connectivity index (χ0v) is 42.7. The number of allylic oxidation sites excluding steroid dienone is 2. The maximum absolute atomic E-state index is 14.6. The van der Waals surface area contributed by atoms with Crippen molar-refractivity contribution < 1.29 is 59.5 Å². The zero-order valence-electron chi connectivity index (χ0n) is 42.7. The van der Waals surface area contributed by atoms with Crippen molar-refractivity contribution in [1.29, 1.82) is 10.5 Å². The Morgan fingerprint density at radius 1 is 0.573 bits per heavy atom. The summed E-state index contributed by atoms with van der Waals surface area (Å²) >= 11 is 0. The molecule has 2 heterocycles. The average Bonchev–Trinajstić information content (AvgIpc) is 3.36. The van der Waals surface area contributed by atoms with Crippen LogP contribution in [0.1, 0.15) is 112 Å². The van der Waals surface area contributed by atoms with Crippen molar-refractivity contribution >= 4 is 35.4 Å². The minimum atomic E-state index is -4.70. The van der Waals surface area contributed by atoms with Gasteiger partial charge in [0.15, 0.2) is 0 Å². The lowest BCUT2D eigenvalue weighted by molar-refractivity contribution is -0.890. The maximum Gasteiger partial charge on any atom is 0.416 e. The molecule has 0 aliphatic carbocycles. The molecule has 0 spiro atoms. The van der Waals surface area contributed by atoms with Gasteiger partial charge in [0.2, 0.25) is 0 Å². The Morgan fingerprint density at radius 2 is 0.933 bits per heavy atom. The number of urea groups is 2. The Hall–Kier alpha value is -7.64. The van der Waals surface area contributed by atoms with Crippen LogP contribution in [-0.4, -0.2) is 91.8 Å². The van der Waals surface area contributed by atoms with E-state index in [-0.39, 0.29) is 60.2 Å². The van der Waals surface area contributed by atoms with E-state index in [1.54, 1.807) is 62.4 Å². The number of amides is 4. The Morgan fingerprint density at radius 3 is 1.25 bits per heavy atom. The molecule has 6 rings (SSSR count). The van der Waals surface area contributed by atoms with Gasteiger partial charge in [0.05, 0.1) is 109 Å². The number of unbranched alkanes of at least 4 members (excludes halogenated alkanes) is 4. The van der Waals surface area contributed by atoms with Gasteiger partial charge >= 0.3 is 36.4 Å². The van der Waals surface area contributed by atoms with Crippen LogP contribution in [0.4, 0.5) is 47.3 Å². The largest absolute Gasteiger partial charge is 0.463 e. The number of nitriles is 2. The van der Waals surface area contributed by atoms with Gasteiger partial charge in [0.25, 0.3) is 0 Å². The molecule has 0 fully saturated rings. The molecule has 2 atom stereocenters. The summed E-state index contributed by atoms with van der Waals surface area (Å²) in [5.74, 6) is -1.48. The lowest BCUT2D eigenvalue weighted by atomic mass is 9.92. The van der Waals surface area contributed by atoms with Crippen LogP contribution in [0.25, 0.3) is 0 Å². The van der Waals surface area contributed by atoms with Gasteiger partial charge < -0.3 is 23.8 Å². The smallest absolute Gasteiger partial charge is 0.416 e. The fourth-order valence-electron chi connectivity index (χ4n) is 9.63. The Labute approximate surface area is 433 Å². The van der Waals surface area contributed by atoms with E-state index in [1.165, 1.54) is 47.9 Å². The van der Waals surface area contributed by atoms with Gasteiger partial charge in [0, 0.05) is 24.5 Å². The number of alkyl halides is 6. The molecule has 2 aliphatic rings. The number of esters is 2. The number of nitrogens with zero attached hydrogens (tertiary/aromatic N) is 7. The van der Waals surface area contributed by atoms with E-state index in [0.717, 1.165) is 60.0 Å². The summed E-state index contributed by atoms with van der Waals surface area (Å²) in [5.41, 5.74) is 0.0211. The minimum absolute atomic E-state index is 0.000115. The first-order chi connectivity index (χ1) is 35.6. The lowest BCUT2D eigenvalue weighted by Crippen LogP contribution is -2.51. The first-order valence-electron chi connectivity index (χ1n) is 24.7. The van der Waals surface area contributed by atoms with Crippen LogP contribution < -0.4 is 9.80 Å². The molecule has 75 heavy (non-hydrogen) atoms. The molecule has 4 aromatic carbocycles. The van der Waals surface area contributed by atoms with E-state index >= 15 is 0 Å². The molecule has 2 aliphatic heterocycles. The highest BCUT2D eigenvalue weighted by atomic mass is 19.4. The van der Waals surface area contributed by atoms with Crippen LogP contribution >= 0.6 is 0 Å². The summed E-state index contributed by atoms with van der Waals surface area (Å²) in [5, 5.41) is 19.0. The Kier molecular flexibility index (Phi) is 18.2. The molecule has 0 saturated heterocycles. The molecule has 0 unspecified atom stereocenters. The first-order valence-corrected chi connectivity index (χ1v) is 24.7. The quantitative estimate of drug-likeness (QED) is 0.0368. The number of rotatable bonds is 20. The van der Waals surface area contributed by atoms with Crippen molar-refractivity contribution in [3.8, 4) is 12.1 Å². The maximum atomic E-state index is 14.6. The number of carbonyl (C=O) groups excluding carboxylic acids is 4. The van der Waals surface area contributed by atoms with E-state index in [9.17, 15) is 56.0 Å². The van der Waals surface area contributed by atoms with E-state index in [4.69, 9.17) is 9.47 Å². The van der Waals surface area contributed by atoms with E-state index in [0.29, 0.717) is 52.4 Å². The molecule has 4 amide bonds. The highest BCUT2D eigenvalue weighted by molar-refractivity contribution is 6.04. The van der Waals surface area contributed by atoms with Crippen molar-refractivity contribution in [2.45, 2.75) is 90.7 Å². The Balaban J connectivity index is 1.15. The summed E-state index contributed by atoms with van der Waals surface area (Å²) in [6.07, 6.45) is -5.75. The van der Waals surface area contributed by atoms with Crippen molar-refractivity contribution in [1.82, 2.24) is 9.80 Å². The van der Waals surface area contributed by atoms with Crippen LogP contribution in [-0.2, 0) is 31.4 Å². The third-order valence-electron chi connectivity index (χ3n) is 13.4. The number of hydrogen-bond acceptors (Lipinski definition) is 8. The average molecular weight is 1040 g/mol. The van der Waals surface area contributed by atoms with Crippen molar-refractivity contribution in [3.05, 3.63) is 153 Å². The molecule has 4 aromatic rings. The van der Waals surface area contributed by atoms with Crippen molar-refractivity contribution in [2.75, 3.05) is 63.3 Å². The molecule has 0 aromatic heterocycles. The van der Waals surface area contributed by atoms with Gasteiger partial charge in [-0.3, -0.25) is 9.80 Å². The molecular formula is C56H60F6N7O6+. The predicted molar refractivity (Wildman–Crippen MR) is 268 cm³/mol. The van der Waals surface area contributed by atoms with Crippen molar-refractivity contribution in [3.63, 3.8) is 0 Å². The third-order valence-corrected chi connectivity index (χ3v) is 13.4. The fraction of sp³-hybridized carbons (Fsp3) is 0.393. The normalized spacial score (nSPS) is 16.6. The monoisotopic (exact) mass is 1040 g/mol. The molecule has 13 nitrogen and oxygen atoms in total. The van der Waals surface area contributed by atoms with E-state index < -0.39 is 59.6 Å². The molecule has 0 radical (unpaired) electrons. The standard InChI is InChI=1S/C56H60F6N7O6/c1-7-74-51(70)47-37(3)67(45-19-15-17-43(33-45)55(57,58)59)53(72)65(49(47)41-25-21-39(35-63)22-26-41)29-11-9-13-31-69(5,6)32-14-10-12-30-66-50(42-27-23-40(36-64)24-28-42)48(52(71)75-8-2)38(4)68(54(66)73)46-20-16-18-44(34-46)56(60,61)62/h15-28,33-34,49-50H,7-14,29-32H2,1-6H3/q+1/t49-,50-/m1/s1. The summed E-state index contributed by atoms with van der Waals surface area (Å²) in [6, 6.07) is 22.4. The number of anilines is 2. The SMILES string of the molecule is CCOC(=O)C1=C(C)N(c2cccc(C(F)(F)F)c2)C(=O)N(CCCCC[N+](C)(C)CCCCCN2C(=O)N(c3cccc(C(F)(F)F)c3)C(C)=C(C(=O)OCC)[C@H]2c2ccc(C#N)cc2)[C@@H]1c1ccc(C#N)cc1. The number of hydrogen-bond donors (Lipinski definition) is 0. The summed E-state index contributed by atoms with van der Waals surface area (Å²) < 4.78 is 95.1. The number of benzene rings is 4. The lowest BCUT2D eigenvalue weighted by Gasteiger charge is -2.43. The Bertz CT molecular complexity index is 2690. The number of quaternary nitrogens is 1. The zero-order chi connectivity index (χ0) is 54.8. The van der Waals surface area contributed by atoms with Crippen LogP contribution in [0, 0.1) is 22.7 Å². The van der Waals surface area contributed by atoms with Crippen LogP contribution in [0.15, 0.2) is 120 Å². The minimum Gasteiger partial charge on any atom is -0.463 e. The summed E-state index contributed by atoms with van der Waals surface area (Å²) in [6.45, 7) is 7.94. The molecule has 0 saturated carbocycles. The first kappa shape index (κ1) is 56.7. The van der Waals surface area contributed by atoms with Gasteiger partial charge in [-0.2, -0.15) is 36.9 Å². The molecule has 19 heteroatoms. The number of ether oxygens (including phenoxy) is 2. The highest BCUT2D eigenvalue weighted by Gasteiger charge is 2.45. The molecule has 0 N–H and O–H groups in total. The van der Waals surface area contributed by atoms with Crippen molar-refractivity contribution in [2.24, 2.45) is 0 Å². The van der Waals surface area contributed by atoms with Gasteiger partial charge in [-0.1, -0.05) is 36.4 Å². The number of carbonyl (C=O) groups is 4. The second kappa shape index (κ2) is 24.1. The second-order valence-electron chi connectivity index (χ2n) is 18.9. The highest BCUT2D eigenvalue weighted by Crippen LogP contribution is 2.44. The second-order valence-corrected chi connectivity index (χ2v) is 18.9. The van der Waals surface area contributed by atoms with Crippen LogP contribution in [0.2, 0.25) is 0 Å². The molecule has 0 bridgehead atoms. The fourth-order valence-corrected chi connectivity index (χ4v) is 9.63. The molecular weight excluding hydrogens is 981 g/mol. The van der Waals surface area contributed by atoms with Gasteiger partial charge in [0.1, 0.15) is 0 Å².